The maximum Gasteiger partial charge on any atom is 0.326 e. The number of nitrogens with one attached hydrogen (secondary N) is 1. The fraction of sp³-hybridized carbons (Fsp3) is 0.179. The van der Waals surface area contributed by atoms with Crippen LogP contribution in [-0.4, -0.2) is 43.2 Å². The van der Waals surface area contributed by atoms with Crippen LogP contribution < -0.4 is 5.69 Å². The molecule has 1 N–H and O–H groups in total. The third-order valence-corrected chi connectivity index (χ3v) is 6.88. The summed E-state index contributed by atoms with van der Waals surface area (Å²) >= 11 is 0. The number of piperidine rings is 1. The van der Waals surface area contributed by atoms with E-state index in [4.69, 9.17) is 0 Å². The predicted molar refractivity (Wildman–Crippen MR) is 136 cm³/mol. The summed E-state index contributed by atoms with van der Waals surface area (Å²) in [4.78, 5) is 31.0. The molecule has 6 rings (SSSR count). The van der Waals surface area contributed by atoms with Gasteiger partial charge in [-0.15, -0.1) is 0 Å². The number of aromatic nitrogens is 4. The van der Waals surface area contributed by atoms with Crippen molar-refractivity contribution in [1.82, 2.24) is 24.2 Å². The first-order chi connectivity index (χ1) is 18.0. The van der Waals surface area contributed by atoms with Crippen molar-refractivity contribution >= 4 is 16.9 Å². The second kappa shape index (κ2) is 9.16. The highest BCUT2D eigenvalue weighted by Gasteiger charge is 2.29. The van der Waals surface area contributed by atoms with Crippen LogP contribution in [0.15, 0.2) is 83.7 Å². The molecule has 5 aromatic rings. The highest BCUT2D eigenvalue weighted by atomic mass is 19.1. The van der Waals surface area contributed by atoms with Gasteiger partial charge in [0.15, 0.2) is 0 Å². The largest absolute Gasteiger partial charge is 0.337 e. The Kier molecular flexibility index (Phi) is 5.67. The van der Waals surface area contributed by atoms with Gasteiger partial charge in [-0.3, -0.25) is 9.36 Å². The van der Waals surface area contributed by atoms with Gasteiger partial charge in [0.05, 0.1) is 22.4 Å². The Morgan fingerprint density at radius 2 is 1.54 bits per heavy atom. The molecule has 37 heavy (non-hydrogen) atoms. The molecule has 0 bridgehead atoms. The molecule has 186 valence electrons. The van der Waals surface area contributed by atoms with Gasteiger partial charge in [-0.2, -0.15) is 5.10 Å². The van der Waals surface area contributed by atoms with E-state index >= 15 is 0 Å². The Hall–Kier alpha value is -4.53. The van der Waals surface area contributed by atoms with Crippen molar-refractivity contribution in [1.29, 1.82) is 0 Å². The van der Waals surface area contributed by atoms with Crippen LogP contribution >= 0.6 is 0 Å². The van der Waals surface area contributed by atoms with Crippen molar-refractivity contribution in [2.45, 2.75) is 18.9 Å². The summed E-state index contributed by atoms with van der Waals surface area (Å²) in [6, 6.07) is 20.9. The number of hydrogen-bond donors (Lipinski definition) is 1. The summed E-state index contributed by atoms with van der Waals surface area (Å²) < 4.78 is 30.3. The van der Waals surface area contributed by atoms with E-state index in [1.807, 2.05) is 24.3 Å². The summed E-state index contributed by atoms with van der Waals surface area (Å²) in [5, 5.41) is 4.60. The number of fused-ring (bicyclic) bond motifs is 1. The van der Waals surface area contributed by atoms with Gasteiger partial charge in [-0.25, -0.2) is 18.3 Å². The van der Waals surface area contributed by atoms with E-state index in [-0.39, 0.29) is 23.5 Å². The SMILES string of the molecule is O=C(c1cc(-c2ccc(F)cc2)nn1-c1ccc(F)cc1)N1CCC(n2c(=O)[nH]c3ccccc32)CC1. The molecule has 1 saturated heterocycles. The van der Waals surface area contributed by atoms with Crippen molar-refractivity contribution in [3.05, 3.63) is 107 Å². The lowest BCUT2D eigenvalue weighted by Gasteiger charge is -2.32. The van der Waals surface area contributed by atoms with Gasteiger partial charge in [-0.1, -0.05) is 12.1 Å². The van der Waals surface area contributed by atoms with Crippen LogP contribution in [0, 0.1) is 11.6 Å². The molecule has 1 fully saturated rings. The van der Waals surface area contributed by atoms with E-state index in [2.05, 4.69) is 10.1 Å². The van der Waals surface area contributed by atoms with Crippen molar-refractivity contribution in [2.75, 3.05) is 13.1 Å². The lowest BCUT2D eigenvalue weighted by molar-refractivity contribution is 0.0685. The highest BCUT2D eigenvalue weighted by Crippen LogP contribution is 2.28. The molecule has 1 aliphatic heterocycles. The Labute approximate surface area is 210 Å². The standard InChI is InChI=1S/C28H23F2N5O2/c29-19-7-5-18(6-8-19)24-17-26(35(32-24)22-11-9-20(30)10-12-22)27(36)33-15-13-21(14-16-33)34-25-4-2-1-3-23(25)31-28(34)37/h1-12,17,21H,13-16H2,(H,31,37). The number of carbonyl (C=O) groups is 1. The molecule has 0 saturated carbocycles. The molecular weight excluding hydrogens is 476 g/mol. The lowest BCUT2D eigenvalue weighted by Crippen LogP contribution is -2.41. The fourth-order valence-electron chi connectivity index (χ4n) is 5.00. The molecule has 0 spiro atoms. The average Bonchev–Trinajstić information content (AvgIpc) is 3.50. The third kappa shape index (κ3) is 4.22. The van der Waals surface area contributed by atoms with Crippen LogP contribution in [0.1, 0.15) is 29.4 Å². The number of likely N-dealkylation sites (tertiary alicyclic amines) is 1. The summed E-state index contributed by atoms with van der Waals surface area (Å²) in [7, 11) is 0. The number of halogens is 2. The van der Waals surface area contributed by atoms with Gasteiger partial charge in [0.25, 0.3) is 5.91 Å². The van der Waals surface area contributed by atoms with E-state index in [9.17, 15) is 18.4 Å². The molecule has 0 radical (unpaired) electrons. The summed E-state index contributed by atoms with van der Waals surface area (Å²) in [6.45, 7) is 0.936. The Morgan fingerprint density at radius 1 is 0.892 bits per heavy atom. The molecular formula is C28H23F2N5O2. The van der Waals surface area contributed by atoms with Crippen LogP contribution in [-0.2, 0) is 0 Å². The van der Waals surface area contributed by atoms with Gasteiger partial charge in [0, 0.05) is 24.7 Å². The van der Waals surface area contributed by atoms with Crippen LogP contribution in [0.25, 0.3) is 28.0 Å². The topological polar surface area (TPSA) is 75.9 Å². The van der Waals surface area contributed by atoms with Gasteiger partial charge < -0.3 is 9.88 Å². The smallest absolute Gasteiger partial charge is 0.326 e. The maximum atomic E-state index is 13.7. The third-order valence-electron chi connectivity index (χ3n) is 6.88. The summed E-state index contributed by atoms with van der Waals surface area (Å²) in [6.07, 6.45) is 1.26. The number of hydrogen-bond acceptors (Lipinski definition) is 3. The minimum atomic E-state index is -0.392. The van der Waals surface area contributed by atoms with Crippen molar-refractivity contribution in [3.8, 4) is 16.9 Å². The van der Waals surface area contributed by atoms with Gasteiger partial charge in [0.2, 0.25) is 0 Å². The zero-order valence-electron chi connectivity index (χ0n) is 19.8. The summed E-state index contributed by atoms with van der Waals surface area (Å²) in [5.41, 5.74) is 3.54. The number of para-hydroxylation sites is 2. The molecule has 0 atom stereocenters. The van der Waals surface area contributed by atoms with Crippen molar-refractivity contribution in [3.63, 3.8) is 0 Å². The number of benzene rings is 3. The van der Waals surface area contributed by atoms with E-state index in [0.29, 0.717) is 48.6 Å². The van der Waals surface area contributed by atoms with Gasteiger partial charge >= 0.3 is 5.69 Å². The van der Waals surface area contributed by atoms with Crippen molar-refractivity contribution < 1.29 is 13.6 Å². The zero-order valence-corrected chi connectivity index (χ0v) is 19.8. The monoisotopic (exact) mass is 499 g/mol. The molecule has 9 heteroatoms. The minimum absolute atomic E-state index is 0.0236. The first kappa shape index (κ1) is 22.9. The number of rotatable bonds is 4. The van der Waals surface area contributed by atoms with Gasteiger partial charge in [-0.05, 0) is 79.6 Å². The molecule has 1 aliphatic rings. The molecule has 7 nitrogen and oxygen atoms in total. The quantitative estimate of drug-likeness (QED) is 0.381. The molecule has 3 heterocycles. The highest BCUT2D eigenvalue weighted by molar-refractivity contribution is 5.94. The molecule has 2 aromatic heterocycles. The first-order valence-corrected chi connectivity index (χ1v) is 12.1. The normalized spacial score (nSPS) is 14.4. The predicted octanol–water partition coefficient (Wildman–Crippen LogP) is 4.94. The number of nitrogens with zero attached hydrogens (tertiary/aromatic N) is 4. The number of imidazole rings is 1. The second-order valence-corrected chi connectivity index (χ2v) is 9.15. The Balaban J connectivity index is 1.29. The van der Waals surface area contributed by atoms with Crippen LogP contribution in [0.3, 0.4) is 0 Å². The molecule has 0 aliphatic carbocycles. The maximum absolute atomic E-state index is 13.7. The van der Waals surface area contributed by atoms with Crippen LogP contribution in [0.5, 0.6) is 0 Å². The van der Waals surface area contributed by atoms with Gasteiger partial charge in [0.1, 0.15) is 17.3 Å². The number of carbonyl (C=O) groups excluding carboxylic acids is 1. The van der Waals surface area contributed by atoms with E-state index in [1.165, 1.54) is 28.9 Å². The Morgan fingerprint density at radius 3 is 2.24 bits per heavy atom. The lowest BCUT2D eigenvalue weighted by atomic mass is 10.0. The summed E-state index contributed by atoms with van der Waals surface area (Å²) in [5.74, 6) is -0.970. The van der Waals surface area contributed by atoms with E-state index in [0.717, 1.165) is 11.0 Å². The molecule has 3 aromatic carbocycles. The Bertz CT molecular complexity index is 1640. The minimum Gasteiger partial charge on any atom is -0.337 e. The van der Waals surface area contributed by atoms with Crippen molar-refractivity contribution in [2.24, 2.45) is 0 Å². The van der Waals surface area contributed by atoms with E-state index in [1.54, 1.807) is 39.8 Å². The first-order valence-electron chi connectivity index (χ1n) is 12.1. The zero-order chi connectivity index (χ0) is 25.5. The number of amides is 1. The number of aromatic amines is 1. The second-order valence-electron chi connectivity index (χ2n) is 9.15. The average molecular weight is 500 g/mol. The van der Waals surface area contributed by atoms with Crippen LogP contribution in [0.4, 0.5) is 8.78 Å². The number of H-pyrrole nitrogens is 1. The molecule has 1 amide bonds. The van der Waals surface area contributed by atoms with E-state index < -0.39 is 5.82 Å². The fourth-order valence-corrected chi connectivity index (χ4v) is 5.00. The molecule has 0 unspecified atom stereocenters. The van der Waals surface area contributed by atoms with Crippen LogP contribution in [0.2, 0.25) is 0 Å².